The number of rotatable bonds is 2. The van der Waals surface area contributed by atoms with E-state index in [4.69, 9.17) is 17.0 Å². The minimum absolute atomic E-state index is 0.226. The molecule has 104 valence electrons. The summed E-state index contributed by atoms with van der Waals surface area (Å²) in [4.78, 5) is 1.73. The summed E-state index contributed by atoms with van der Waals surface area (Å²) >= 11 is 5.40. The molecule has 4 nitrogen and oxygen atoms in total. The highest BCUT2D eigenvalue weighted by Crippen LogP contribution is 2.34. The average molecular weight is 280 g/mol. The van der Waals surface area contributed by atoms with Crippen molar-refractivity contribution in [1.82, 2.24) is 5.32 Å². The summed E-state index contributed by atoms with van der Waals surface area (Å²) < 4.78 is 5.22. The van der Waals surface area contributed by atoms with Crippen LogP contribution in [0, 0.1) is 0 Å². The summed E-state index contributed by atoms with van der Waals surface area (Å²) in [6.07, 6.45) is 0.567. The van der Waals surface area contributed by atoms with Crippen LogP contribution in [0.15, 0.2) is 24.3 Å². The molecule has 1 unspecified atom stereocenters. The second-order valence-corrected chi connectivity index (χ2v) is 6.13. The molecule has 0 aromatic heterocycles. The summed E-state index contributed by atoms with van der Waals surface area (Å²) in [6.45, 7) is 5.83. The number of hydrogen-bond acceptors (Lipinski definition) is 3. The summed E-state index contributed by atoms with van der Waals surface area (Å²) in [5.41, 5.74) is -0.439. The normalized spacial score (nSPS) is 25.9. The molecule has 0 bridgehead atoms. The maximum absolute atomic E-state index is 10.7. The first kappa shape index (κ1) is 14.1. The van der Waals surface area contributed by atoms with Gasteiger partial charge in [0.1, 0.15) is 11.5 Å². The van der Waals surface area contributed by atoms with Crippen LogP contribution in [-0.2, 0) is 0 Å². The van der Waals surface area contributed by atoms with Crippen LogP contribution in [0.5, 0.6) is 5.75 Å². The van der Waals surface area contributed by atoms with Crippen molar-refractivity contribution in [3.63, 3.8) is 0 Å². The number of benzene rings is 1. The lowest BCUT2D eigenvalue weighted by atomic mass is 9.90. The van der Waals surface area contributed by atoms with Crippen LogP contribution in [0.2, 0.25) is 0 Å². The summed E-state index contributed by atoms with van der Waals surface area (Å²) in [5, 5.41) is 14.5. The third-order valence-corrected chi connectivity index (χ3v) is 3.50. The van der Waals surface area contributed by atoms with Crippen molar-refractivity contribution >= 4 is 23.0 Å². The Morgan fingerprint density at radius 3 is 2.63 bits per heavy atom. The number of nitrogens with zero attached hydrogens (tertiary/aromatic N) is 1. The van der Waals surface area contributed by atoms with Gasteiger partial charge in [-0.2, -0.15) is 0 Å². The Balaban J connectivity index is 2.40. The molecule has 19 heavy (non-hydrogen) atoms. The van der Waals surface area contributed by atoms with Crippen molar-refractivity contribution in [1.29, 1.82) is 0 Å². The number of hydrogen-bond donors (Lipinski definition) is 2. The molecule has 1 atom stereocenters. The quantitative estimate of drug-likeness (QED) is 0.814. The molecule has 1 heterocycles. The van der Waals surface area contributed by atoms with Crippen LogP contribution in [-0.4, -0.2) is 28.6 Å². The maximum Gasteiger partial charge on any atom is 0.176 e. The van der Waals surface area contributed by atoms with Gasteiger partial charge in [-0.3, -0.25) is 4.90 Å². The molecule has 2 rings (SSSR count). The Bertz CT molecular complexity index is 500. The third kappa shape index (κ3) is 2.82. The third-order valence-electron chi connectivity index (χ3n) is 3.22. The first-order valence-corrected chi connectivity index (χ1v) is 6.65. The van der Waals surface area contributed by atoms with E-state index in [1.807, 2.05) is 38.1 Å². The van der Waals surface area contributed by atoms with Gasteiger partial charge in [-0.25, -0.2) is 0 Å². The maximum atomic E-state index is 10.7. The summed E-state index contributed by atoms with van der Waals surface area (Å²) in [7, 11) is 1.62. The van der Waals surface area contributed by atoms with Crippen LogP contribution in [0.1, 0.15) is 27.2 Å². The molecule has 5 heteroatoms. The molecular weight excluding hydrogens is 260 g/mol. The smallest absolute Gasteiger partial charge is 0.176 e. The summed E-state index contributed by atoms with van der Waals surface area (Å²) in [5.74, 6) is 0.737. The van der Waals surface area contributed by atoms with E-state index in [-0.39, 0.29) is 5.54 Å². The second-order valence-electron chi connectivity index (χ2n) is 5.74. The lowest BCUT2D eigenvalue weighted by molar-refractivity contribution is 0.0277. The minimum Gasteiger partial charge on any atom is -0.497 e. The first-order valence-electron chi connectivity index (χ1n) is 6.24. The molecule has 1 fully saturated rings. The highest BCUT2D eigenvalue weighted by molar-refractivity contribution is 7.80. The molecular formula is C14H20N2O2S. The molecule has 0 aliphatic carbocycles. The zero-order valence-electron chi connectivity index (χ0n) is 11.7. The number of nitrogens with one attached hydrogen (secondary N) is 1. The van der Waals surface area contributed by atoms with Gasteiger partial charge >= 0.3 is 0 Å². The highest BCUT2D eigenvalue weighted by Gasteiger charge is 2.43. The van der Waals surface area contributed by atoms with Gasteiger partial charge in [-0.15, -0.1) is 0 Å². The first-order chi connectivity index (χ1) is 8.75. The topological polar surface area (TPSA) is 44.7 Å². The molecule has 2 N–H and O–H groups in total. The van der Waals surface area contributed by atoms with Crippen LogP contribution in [0.4, 0.5) is 5.69 Å². The number of thiocarbonyl (C=S) groups is 1. The molecule has 1 aliphatic rings. The fourth-order valence-corrected chi connectivity index (χ4v) is 3.25. The fourth-order valence-electron chi connectivity index (χ4n) is 2.67. The van der Waals surface area contributed by atoms with Gasteiger partial charge in [0, 0.05) is 23.7 Å². The van der Waals surface area contributed by atoms with Gasteiger partial charge in [0.25, 0.3) is 0 Å². The van der Waals surface area contributed by atoms with E-state index >= 15 is 0 Å². The van der Waals surface area contributed by atoms with E-state index in [0.717, 1.165) is 11.4 Å². The molecule has 1 aromatic rings. The Labute approximate surface area is 119 Å². The van der Waals surface area contributed by atoms with Crippen LogP contribution in [0.25, 0.3) is 0 Å². The Hall–Kier alpha value is -1.33. The van der Waals surface area contributed by atoms with Crippen molar-refractivity contribution in [3.8, 4) is 5.75 Å². The van der Waals surface area contributed by atoms with Crippen LogP contribution < -0.4 is 15.0 Å². The van der Waals surface area contributed by atoms with Crippen molar-refractivity contribution in [2.45, 2.75) is 38.5 Å². The molecule has 0 amide bonds. The van der Waals surface area contributed by atoms with E-state index in [1.54, 1.807) is 18.9 Å². The second kappa shape index (κ2) is 4.65. The fraction of sp³-hybridized carbons (Fsp3) is 0.500. The number of anilines is 1. The van der Waals surface area contributed by atoms with Crippen molar-refractivity contribution in [2.75, 3.05) is 12.0 Å². The lowest BCUT2D eigenvalue weighted by Crippen LogP contribution is -2.66. The van der Waals surface area contributed by atoms with Crippen LogP contribution >= 0.6 is 12.2 Å². The van der Waals surface area contributed by atoms with E-state index in [9.17, 15) is 5.11 Å². The van der Waals surface area contributed by atoms with Gasteiger partial charge in [0.05, 0.1) is 7.11 Å². The zero-order valence-corrected chi connectivity index (χ0v) is 12.5. The lowest BCUT2D eigenvalue weighted by Gasteiger charge is -2.49. The summed E-state index contributed by atoms with van der Waals surface area (Å²) in [6, 6.07) is 7.51. The zero-order chi connectivity index (χ0) is 14.3. The largest absolute Gasteiger partial charge is 0.497 e. The molecule has 0 saturated carbocycles. The van der Waals surface area contributed by atoms with Crippen molar-refractivity contribution in [2.24, 2.45) is 0 Å². The number of methoxy groups -OCH3 is 1. The Kier molecular flexibility index (Phi) is 3.45. The Morgan fingerprint density at radius 1 is 1.37 bits per heavy atom. The van der Waals surface area contributed by atoms with E-state index in [2.05, 4.69) is 5.32 Å². The minimum atomic E-state index is -1.03. The van der Waals surface area contributed by atoms with E-state index < -0.39 is 5.72 Å². The number of aliphatic hydroxyl groups is 1. The Morgan fingerprint density at radius 2 is 2.05 bits per heavy atom. The SMILES string of the molecule is COc1cccc(N2C(=S)NC(C)(C)CC2(C)O)c1. The monoisotopic (exact) mass is 280 g/mol. The van der Waals surface area contributed by atoms with E-state index in [0.29, 0.717) is 11.5 Å². The van der Waals surface area contributed by atoms with Gasteiger partial charge in [0.2, 0.25) is 0 Å². The van der Waals surface area contributed by atoms with E-state index in [1.165, 1.54) is 0 Å². The highest BCUT2D eigenvalue weighted by atomic mass is 32.1. The average Bonchev–Trinajstić information content (AvgIpc) is 2.25. The van der Waals surface area contributed by atoms with Crippen LogP contribution in [0.3, 0.4) is 0 Å². The van der Waals surface area contributed by atoms with Gasteiger partial charge in [-0.1, -0.05) is 6.07 Å². The molecule has 1 aliphatic heterocycles. The van der Waals surface area contributed by atoms with Gasteiger partial charge in [-0.05, 0) is 45.1 Å². The molecule has 0 radical (unpaired) electrons. The predicted octanol–water partition coefficient (Wildman–Crippen LogP) is 2.27. The van der Waals surface area contributed by atoms with Gasteiger partial charge < -0.3 is 15.2 Å². The van der Waals surface area contributed by atoms with Crippen molar-refractivity contribution < 1.29 is 9.84 Å². The van der Waals surface area contributed by atoms with Gasteiger partial charge in [0.15, 0.2) is 5.11 Å². The standard InChI is InChI=1S/C14H20N2O2S/c1-13(2)9-14(3,17)16(12(19)15-13)10-6-5-7-11(8-10)18-4/h5-8,17H,9H2,1-4H3,(H,15,19). The van der Waals surface area contributed by atoms with Crippen molar-refractivity contribution in [3.05, 3.63) is 24.3 Å². The number of ether oxygens (including phenoxy) is 1. The molecule has 1 saturated heterocycles. The molecule has 0 spiro atoms. The molecule has 1 aromatic carbocycles. The predicted molar refractivity (Wildman–Crippen MR) is 80.5 cm³/mol.